The van der Waals surface area contributed by atoms with Crippen LogP contribution >= 0.6 is 0 Å². The van der Waals surface area contributed by atoms with Gasteiger partial charge in [0.25, 0.3) is 0 Å². The summed E-state index contributed by atoms with van der Waals surface area (Å²) in [5.41, 5.74) is 0.958. The molecule has 0 radical (unpaired) electrons. The molecule has 0 aliphatic heterocycles. The average Bonchev–Trinajstić information content (AvgIpc) is 2.53. The molecule has 0 heterocycles. The highest BCUT2D eigenvalue weighted by atomic mass is 16.5. The number of benzene rings is 1. The van der Waals surface area contributed by atoms with Gasteiger partial charge in [0.2, 0.25) is 0 Å². The van der Waals surface area contributed by atoms with Crippen LogP contribution in [0.25, 0.3) is 6.08 Å². The Hall–Kier alpha value is -1.77. The summed E-state index contributed by atoms with van der Waals surface area (Å²) >= 11 is 0. The Balaban J connectivity index is 2.23. The van der Waals surface area contributed by atoms with Crippen LogP contribution in [0.2, 0.25) is 0 Å². The van der Waals surface area contributed by atoms with Crippen molar-refractivity contribution in [3.05, 3.63) is 35.9 Å². The largest absolute Gasteiger partial charge is 0.494 e. The lowest BCUT2D eigenvalue weighted by Gasteiger charge is -2.06. The van der Waals surface area contributed by atoms with E-state index in [9.17, 15) is 4.79 Å². The van der Waals surface area contributed by atoms with Gasteiger partial charge < -0.3 is 9.47 Å². The van der Waals surface area contributed by atoms with Crippen LogP contribution in [-0.2, 0) is 9.53 Å². The minimum atomic E-state index is -0.314. The van der Waals surface area contributed by atoms with E-state index in [1.54, 1.807) is 13.0 Å². The molecule has 0 atom stereocenters. The van der Waals surface area contributed by atoms with Crippen molar-refractivity contribution in [3.63, 3.8) is 0 Å². The number of unbranched alkanes of at least 4 members (excludes halogenated alkanes) is 5. The van der Waals surface area contributed by atoms with E-state index in [1.165, 1.54) is 38.2 Å². The van der Waals surface area contributed by atoms with Crippen LogP contribution in [0, 0.1) is 0 Å². The van der Waals surface area contributed by atoms with E-state index in [-0.39, 0.29) is 5.97 Å². The first kappa shape index (κ1) is 18.3. The van der Waals surface area contributed by atoms with Crippen LogP contribution in [-0.4, -0.2) is 19.2 Å². The molecule has 0 aliphatic carbocycles. The number of carbonyl (C=O) groups is 1. The number of hydrogen-bond acceptors (Lipinski definition) is 3. The molecule has 22 heavy (non-hydrogen) atoms. The number of ether oxygens (including phenoxy) is 2. The molecule has 3 heteroatoms. The molecule has 0 amide bonds. The Morgan fingerprint density at radius 2 is 1.68 bits per heavy atom. The summed E-state index contributed by atoms with van der Waals surface area (Å²) in [6, 6.07) is 7.74. The van der Waals surface area contributed by atoms with E-state index in [1.807, 2.05) is 24.3 Å². The van der Waals surface area contributed by atoms with Gasteiger partial charge in [-0.2, -0.15) is 0 Å². The molecule has 1 aromatic rings. The van der Waals surface area contributed by atoms with Crippen molar-refractivity contribution in [2.75, 3.05) is 13.2 Å². The molecule has 0 bridgehead atoms. The Morgan fingerprint density at radius 3 is 2.36 bits per heavy atom. The van der Waals surface area contributed by atoms with Gasteiger partial charge in [0.1, 0.15) is 5.75 Å². The van der Waals surface area contributed by atoms with Crippen molar-refractivity contribution in [2.45, 2.75) is 52.4 Å². The summed E-state index contributed by atoms with van der Waals surface area (Å²) in [5.74, 6) is 0.563. The Kier molecular flexibility index (Phi) is 9.84. The fourth-order valence-corrected chi connectivity index (χ4v) is 2.10. The fourth-order valence-electron chi connectivity index (χ4n) is 2.10. The third-order valence-corrected chi connectivity index (χ3v) is 3.35. The SMILES string of the molecule is CCCCCCCCOc1ccc(C=CC(=O)OCC)cc1. The van der Waals surface area contributed by atoms with Crippen molar-refractivity contribution >= 4 is 12.0 Å². The first-order valence-electron chi connectivity index (χ1n) is 8.34. The number of hydrogen-bond donors (Lipinski definition) is 0. The summed E-state index contributed by atoms with van der Waals surface area (Å²) in [6.07, 6.45) is 10.8. The zero-order valence-corrected chi connectivity index (χ0v) is 13.8. The van der Waals surface area contributed by atoms with Gasteiger partial charge in [-0.05, 0) is 37.1 Å². The van der Waals surface area contributed by atoms with Gasteiger partial charge in [0.15, 0.2) is 0 Å². The van der Waals surface area contributed by atoms with Gasteiger partial charge in [-0.25, -0.2) is 4.79 Å². The topological polar surface area (TPSA) is 35.5 Å². The van der Waals surface area contributed by atoms with Crippen LogP contribution in [0.5, 0.6) is 5.75 Å². The van der Waals surface area contributed by atoms with Crippen LogP contribution in [0.3, 0.4) is 0 Å². The third-order valence-electron chi connectivity index (χ3n) is 3.35. The van der Waals surface area contributed by atoms with Crippen molar-refractivity contribution in [1.29, 1.82) is 0 Å². The van der Waals surface area contributed by atoms with Crippen LogP contribution in [0.15, 0.2) is 30.3 Å². The maximum absolute atomic E-state index is 11.2. The second-order valence-corrected chi connectivity index (χ2v) is 5.27. The smallest absolute Gasteiger partial charge is 0.330 e. The predicted octanol–water partition coefficient (Wildman–Crippen LogP) is 5.00. The quantitative estimate of drug-likeness (QED) is 0.328. The summed E-state index contributed by atoms with van der Waals surface area (Å²) in [6.45, 7) is 5.19. The van der Waals surface area contributed by atoms with Crippen LogP contribution in [0.4, 0.5) is 0 Å². The van der Waals surface area contributed by atoms with E-state index in [2.05, 4.69) is 6.92 Å². The minimum absolute atomic E-state index is 0.314. The normalized spacial score (nSPS) is 10.8. The molecule has 1 rings (SSSR count). The Morgan fingerprint density at radius 1 is 1.00 bits per heavy atom. The van der Waals surface area contributed by atoms with Crippen LogP contribution in [0.1, 0.15) is 57.9 Å². The number of rotatable bonds is 11. The summed E-state index contributed by atoms with van der Waals surface area (Å²) in [4.78, 5) is 11.2. The minimum Gasteiger partial charge on any atom is -0.494 e. The lowest BCUT2D eigenvalue weighted by molar-refractivity contribution is -0.137. The van der Waals surface area contributed by atoms with E-state index < -0.39 is 0 Å². The molecule has 0 fully saturated rings. The molecule has 0 unspecified atom stereocenters. The maximum Gasteiger partial charge on any atom is 0.330 e. The molecular formula is C19H28O3. The second kappa shape index (κ2) is 11.8. The molecule has 0 aliphatic rings. The first-order valence-corrected chi connectivity index (χ1v) is 8.34. The van der Waals surface area contributed by atoms with Crippen molar-refractivity contribution < 1.29 is 14.3 Å². The standard InChI is InChI=1S/C19H28O3/c1-3-5-6-7-8-9-16-22-18-13-10-17(11-14-18)12-15-19(20)21-4-2/h10-15H,3-9,16H2,1-2H3. The first-order chi connectivity index (χ1) is 10.8. The zero-order chi connectivity index (χ0) is 16.0. The second-order valence-electron chi connectivity index (χ2n) is 5.27. The van der Waals surface area contributed by atoms with E-state index in [4.69, 9.17) is 9.47 Å². The van der Waals surface area contributed by atoms with Gasteiger partial charge in [-0.1, -0.05) is 51.2 Å². The molecule has 3 nitrogen and oxygen atoms in total. The Labute approximate surface area is 134 Å². The van der Waals surface area contributed by atoms with E-state index in [0.29, 0.717) is 6.61 Å². The van der Waals surface area contributed by atoms with Gasteiger partial charge in [0, 0.05) is 6.08 Å². The van der Waals surface area contributed by atoms with E-state index >= 15 is 0 Å². The highest BCUT2D eigenvalue weighted by Crippen LogP contribution is 2.14. The Bertz CT molecular complexity index is 434. The van der Waals surface area contributed by atoms with Crippen LogP contribution < -0.4 is 4.74 Å². The third kappa shape index (κ3) is 8.50. The molecule has 0 spiro atoms. The number of carbonyl (C=O) groups excluding carboxylic acids is 1. The summed E-state index contributed by atoms with van der Waals surface area (Å²) < 4.78 is 10.6. The maximum atomic E-state index is 11.2. The zero-order valence-electron chi connectivity index (χ0n) is 13.8. The molecule has 122 valence electrons. The fraction of sp³-hybridized carbons (Fsp3) is 0.526. The lowest BCUT2D eigenvalue weighted by Crippen LogP contribution is -1.98. The molecule has 1 aromatic carbocycles. The monoisotopic (exact) mass is 304 g/mol. The van der Waals surface area contributed by atoms with Gasteiger partial charge >= 0.3 is 5.97 Å². The molecule has 0 aromatic heterocycles. The lowest BCUT2D eigenvalue weighted by atomic mass is 10.1. The molecule has 0 saturated carbocycles. The van der Waals surface area contributed by atoms with E-state index in [0.717, 1.165) is 24.3 Å². The van der Waals surface area contributed by atoms with Crippen molar-refractivity contribution in [3.8, 4) is 5.75 Å². The summed E-state index contributed by atoms with van der Waals surface area (Å²) in [7, 11) is 0. The summed E-state index contributed by atoms with van der Waals surface area (Å²) in [5, 5.41) is 0. The van der Waals surface area contributed by atoms with Crippen molar-refractivity contribution in [2.24, 2.45) is 0 Å². The number of esters is 1. The highest BCUT2D eigenvalue weighted by Gasteiger charge is 1.96. The van der Waals surface area contributed by atoms with Gasteiger partial charge in [-0.3, -0.25) is 0 Å². The van der Waals surface area contributed by atoms with Gasteiger partial charge in [0.05, 0.1) is 13.2 Å². The highest BCUT2D eigenvalue weighted by molar-refractivity contribution is 5.87. The molecule has 0 N–H and O–H groups in total. The molecule has 0 saturated heterocycles. The van der Waals surface area contributed by atoms with Gasteiger partial charge in [-0.15, -0.1) is 0 Å². The van der Waals surface area contributed by atoms with Crippen molar-refractivity contribution in [1.82, 2.24) is 0 Å². The molecular weight excluding hydrogens is 276 g/mol. The average molecular weight is 304 g/mol. The predicted molar refractivity (Wildman–Crippen MR) is 91.0 cm³/mol.